The Morgan fingerprint density at radius 2 is 1.74 bits per heavy atom. The Labute approximate surface area is 301 Å². The van der Waals surface area contributed by atoms with Gasteiger partial charge in [-0.2, -0.15) is 0 Å². The molecule has 2 fully saturated rings. The average molecular weight is 770 g/mol. The average Bonchev–Trinajstić information content (AvgIpc) is 3.35. The Hall–Kier alpha value is -4.75. The molecule has 2 unspecified atom stereocenters. The van der Waals surface area contributed by atoms with Gasteiger partial charge in [0.1, 0.15) is 16.1 Å². The van der Waals surface area contributed by atoms with E-state index in [4.69, 9.17) is 9.47 Å². The number of likely N-dealkylation sites (tertiary alicyclic amines) is 1. The van der Waals surface area contributed by atoms with Crippen molar-refractivity contribution in [3.05, 3.63) is 71.4 Å². The number of fused-ring (bicyclic) bond motifs is 1. The van der Waals surface area contributed by atoms with Crippen LogP contribution in [0.15, 0.2) is 53.6 Å². The van der Waals surface area contributed by atoms with Crippen LogP contribution in [0.1, 0.15) is 30.9 Å². The van der Waals surface area contributed by atoms with Gasteiger partial charge in [0.05, 0.1) is 25.4 Å². The number of piperidine rings is 1. The first kappa shape index (κ1) is 38.0. The number of methoxy groups -OCH3 is 1. The molecule has 0 spiro atoms. The summed E-state index contributed by atoms with van der Waals surface area (Å²) in [7, 11) is -2.44. The molecular formula is C34H36F5N5O8S. The van der Waals surface area contributed by atoms with Crippen molar-refractivity contribution in [2.45, 2.75) is 48.5 Å². The van der Waals surface area contributed by atoms with Gasteiger partial charge < -0.3 is 29.1 Å². The van der Waals surface area contributed by atoms with Crippen LogP contribution in [0.4, 0.5) is 32.4 Å². The SMILES string of the molecule is CCOc1ncccc1C1(C2CN(C3CCN(C)CC3)CCN2C(=O)O)C(=O)N(S(=O)(=O)c2ccc(OC)cc2OC(F)(F)F)c2cc(F)c(F)cc21. The van der Waals surface area contributed by atoms with Crippen molar-refractivity contribution in [3.63, 3.8) is 0 Å². The zero-order valence-corrected chi connectivity index (χ0v) is 29.6. The van der Waals surface area contributed by atoms with E-state index in [0.29, 0.717) is 37.1 Å². The molecular weight excluding hydrogens is 733 g/mol. The zero-order valence-electron chi connectivity index (χ0n) is 28.8. The lowest BCUT2D eigenvalue weighted by Crippen LogP contribution is -2.67. The quantitative estimate of drug-likeness (QED) is 0.309. The van der Waals surface area contributed by atoms with Crippen LogP contribution in [0.3, 0.4) is 0 Å². The van der Waals surface area contributed by atoms with E-state index in [2.05, 4.69) is 14.6 Å². The summed E-state index contributed by atoms with van der Waals surface area (Å²) in [6.07, 6.45) is -4.23. The number of ether oxygens (including phenoxy) is 3. The maximum absolute atomic E-state index is 15.5. The molecule has 286 valence electrons. The summed E-state index contributed by atoms with van der Waals surface area (Å²) in [6.45, 7) is 2.91. The lowest BCUT2D eigenvalue weighted by Gasteiger charge is -2.50. The molecule has 1 N–H and O–H groups in total. The second-order valence-electron chi connectivity index (χ2n) is 12.8. The number of aromatic nitrogens is 1. The number of nitrogens with zero attached hydrogens (tertiary/aromatic N) is 5. The van der Waals surface area contributed by atoms with Crippen molar-refractivity contribution in [1.29, 1.82) is 0 Å². The molecule has 0 aliphatic carbocycles. The highest BCUT2D eigenvalue weighted by Crippen LogP contribution is 2.55. The lowest BCUT2D eigenvalue weighted by atomic mass is 9.68. The van der Waals surface area contributed by atoms with Gasteiger partial charge >= 0.3 is 12.5 Å². The number of hydrogen-bond acceptors (Lipinski definition) is 10. The second-order valence-corrected chi connectivity index (χ2v) is 14.6. The Morgan fingerprint density at radius 3 is 2.38 bits per heavy atom. The van der Waals surface area contributed by atoms with Crippen LogP contribution < -0.4 is 18.5 Å². The van der Waals surface area contributed by atoms with E-state index in [1.54, 1.807) is 6.92 Å². The number of halogens is 5. The van der Waals surface area contributed by atoms with Gasteiger partial charge in [-0.05, 0) is 64.2 Å². The molecule has 3 aliphatic rings. The molecule has 19 heteroatoms. The third-order valence-electron chi connectivity index (χ3n) is 9.94. The van der Waals surface area contributed by atoms with E-state index in [1.165, 1.54) is 18.3 Å². The Morgan fingerprint density at radius 1 is 1.04 bits per heavy atom. The summed E-state index contributed by atoms with van der Waals surface area (Å²) in [5, 5.41) is 10.6. The van der Waals surface area contributed by atoms with Crippen molar-refractivity contribution in [2.24, 2.45) is 0 Å². The summed E-state index contributed by atoms with van der Waals surface area (Å²) in [4.78, 5) is 36.7. The van der Waals surface area contributed by atoms with Crippen LogP contribution in [-0.2, 0) is 20.2 Å². The predicted molar refractivity (Wildman–Crippen MR) is 178 cm³/mol. The fraction of sp³-hybridized carbons (Fsp3) is 0.441. The topological polar surface area (TPSA) is 142 Å². The van der Waals surface area contributed by atoms with Gasteiger partial charge in [-0.3, -0.25) is 9.69 Å². The maximum atomic E-state index is 15.5. The zero-order chi connectivity index (χ0) is 38.5. The van der Waals surface area contributed by atoms with Gasteiger partial charge in [-0.15, -0.1) is 13.2 Å². The van der Waals surface area contributed by atoms with Crippen LogP contribution in [0.2, 0.25) is 0 Å². The molecule has 0 saturated carbocycles. The number of carbonyl (C=O) groups excluding carboxylic acids is 1. The number of anilines is 1. The molecule has 53 heavy (non-hydrogen) atoms. The van der Waals surface area contributed by atoms with Crippen molar-refractivity contribution in [3.8, 4) is 17.4 Å². The Kier molecular flexibility index (Phi) is 10.2. The molecule has 2 saturated heterocycles. The molecule has 3 aliphatic heterocycles. The number of alkyl halides is 3. The number of amides is 2. The van der Waals surface area contributed by atoms with Crippen LogP contribution in [0.5, 0.6) is 17.4 Å². The molecule has 2 aromatic carbocycles. The minimum atomic E-state index is -5.51. The van der Waals surface area contributed by atoms with E-state index in [9.17, 15) is 31.5 Å². The number of carbonyl (C=O) groups is 2. The fourth-order valence-electron chi connectivity index (χ4n) is 7.57. The van der Waals surface area contributed by atoms with Crippen molar-refractivity contribution >= 4 is 27.7 Å². The molecule has 0 radical (unpaired) electrons. The number of rotatable bonds is 9. The number of carboxylic acid groups (broad SMARTS) is 1. The first-order valence-corrected chi connectivity index (χ1v) is 18.0. The van der Waals surface area contributed by atoms with E-state index >= 15 is 13.6 Å². The maximum Gasteiger partial charge on any atom is 0.573 e. The summed E-state index contributed by atoms with van der Waals surface area (Å²) in [5.74, 6) is -6.26. The Balaban J connectivity index is 1.65. The first-order valence-electron chi connectivity index (χ1n) is 16.6. The third-order valence-corrected chi connectivity index (χ3v) is 11.7. The highest BCUT2D eigenvalue weighted by Gasteiger charge is 2.64. The Bertz CT molecular complexity index is 2010. The predicted octanol–water partition coefficient (Wildman–Crippen LogP) is 4.45. The number of hydrogen-bond donors (Lipinski definition) is 1. The molecule has 3 aromatic rings. The van der Waals surface area contributed by atoms with Crippen LogP contribution >= 0.6 is 0 Å². The monoisotopic (exact) mass is 769 g/mol. The molecule has 2 atom stereocenters. The molecule has 4 heterocycles. The van der Waals surface area contributed by atoms with Gasteiger partial charge in [-0.25, -0.2) is 31.3 Å². The molecule has 2 amide bonds. The first-order chi connectivity index (χ1) is 25.0. The van der Waals surface area contributed by atoms with Crippen LogP contribution in [-0.4, -0.2) is 117 Å². The van der Waals surface area contributed by atoms with E-state index in [-0.39, 0.29) is 53.8 Å². The van der Waals surface area contributed by atoms with Crippen LogP contribution in [0, 0.1) is 11.6 Å². The number of piperazine rings is 1. The highest BCUT2D eigenvalue weighted by molar-refractivity contribution is 7.93. The molecule has 0 bridgehead atoms. The minimum Gasteiger partial charge on any atom is -0.497 e. The van der Waals surface area contributed by atoms with Gasteiger partial charge in [0.2, 0.25) is 5.88 Å². The normalized spacial score (nSPS) is 21.8. The van der Waals surface area contributed by atoms with Gasteiger partial charge in [-0.1, -0.05) is 6.07 Å². The summed E-state index contributed by atoms with van der Waals surface area (Å²) in [5.41, 5.74) is -3.89. The number of pyridine rings is 1. The smallest absolute Gasteiger partial charge is 0.497 e. The second kappa shape index (κ2) is 14.2. The molecule has 6 rings (SSSR count). The van der Waals surface area contributed by atoms with Gasteiger partial charge in [0.25, 0.3) is 15.9 Å². The minimum absolute atomic E-state index is 0.0278. The number of benzene rings is 2. The molecule has 13 nitrogen and oxygen atoms in total. The standard InChI is InChI=1S/C34H36F5N5O8S/c1-4-51-30-22(6-5-11-40-30)33(29-19-42(14-15-43(29)32(46)47)20-9-12-41(2)13-10-20)23-17-24(35)25(36)18-26(23)44(31(33)45)53(48,49)28-8-7-21(50-3)16-27(28)52-34(37,38)39/h5-8,11,16-18,20,29H,4,9-10,12-15,19H2,1-3H3,(H,46,47). The third kappa shape index (κ3) is 6.69. The fourth-order valence-corrected chi connectivity index (χ4v) is 9.14. The summed E-state index contributed by atoms with van der Waals surface area (Å²) in [6, 6.07) is 4.54. The highest BCUT2D eigenvalue weighted by atomic mass is 32.2. The molecule has 1 aromatic heterocycles. The summed E-state index contributed by atoms with van der Waals surface area (Å²) >= 11 is 0. The van der Waals surface area contributed by atoms with E-state index in [0.717, 1.165) is 31.2 Å². The van der Waals surface area contributed by atoms with Gasteiger partial charge in [0.15, 0.2) is 17.4 Å². The van der Waals surface area contributed by atoms with Crippen LogP contribution in [0.25, 0.3) is 0 Å². The van der Waals surface area contributed by atoms with E-state index < -0.39 is 73.4 Å². The lowest BCUT2D eigenvalue weighted by molar-refractivity contribution is -0.275. The number of sulfonamides is 1. The van der Waals surface area contributed by atoms with Crippen molar-refractivity contribution in [2.75, 3.05) is 57.8 Å². The largest absolute Gasteiger partial charge is 0.573 e. The van der Waals surface area contributed by atoms with Crippen molar-refractivity contribution < 1.29 is 59.3 Å². The van der Waals surface area contributed by atoms with Crippen molar-refractivity contribution in [1.82, 2.24) is 19.7 Å². The van der Waals surface area contributed by atoms with Gasteiger partial charge in [0, 0.05) is 55.1 Å². The van der Waals surface area contributed by atoms with E-state index in [1.807, 2.05) is 11.9 Å². The summed E-state index contributed by atoms with van der Waals surface area (Å²) < 4.78 is 116.